The van der Waals surface area contributed by atoms with Crippen molar-refractivity contribution in [3.63, 3.8) is 0 Å². The number of ether oxygens (including phenoxy) is 1. The molecular formula is C13H21NO4. The number of carboxylic acid groups (broad SMARTS) is 1. The highest BCUT2D eigenvalue weighted by Gasteiger charge is 2.36. The highest BCUT2D eigenvalue weighted by molar-refractivity contribution is 5.80. The van der Waals surface area contributed by atoms with Crippen LogP contribution in [0.2, 0.25) is 0 Å². The number of carbonyl (C=O) groups excluding carboxylic acids is 1. The van der Waals surface area contributed by atoms with Gasteiger partial charge in [-0.3, -0.25) is 9.59 Å². The van der Waals surface area contributed by atoms with Gasteiger partial charge in [-0.25, -0.2) is 0 Å². The first-order chi connectivity index (χ1) is 8.60. The van der Waals surface area contributed by atoms with Gasteiger partial charge in [-0.1, -0.05) is 0 Å². The smallest absolute Gasteiger partial charge is 0.306 e. The fourth-order valence-corrected chi connectivity index (χ4v) is 2.78. The second-order valence-electron chi connectivity index (χ2n) is 5.42. The van der Waals surface area contributed by atoms with Crippen molar-refractivity contribution in [3.05, 3.63) is 0 Å². The molecule has 0 aromatic carbocycles. The third-order valence-electron chi connectivity index (χ3n) is 4.22. The van der Waals surface area contributed by atoms with Crippen molar-refractivity contribution < 1.29 is 19.4 Å². The van der Waals surface area contributed by atoms with E-state index in [1.807, 2.05) is 0 Å². The minimum atomic E-state index is -0.707. The molecule has 0 bridgehead atoms. The number of methoxy groups -OCH3 is 1. The Bertz CT molecular complexity index is 317. The van der Waals surface area contributed by atoms with Crippen molar-refractivity contribution in [1.82, 2.24) is 5.32 Å². The van der Waals surface area contributed by atoms with Crippen LogP contribution in [-0.4, -0.2) is 36.2 Å². The molecule has 2 aliphatic rings. The van der Waals surface area contributed by atoms with Crippen LogP contribution >= 0.6 is 0 Å². The summed E-state index contributed by atoms with van der Waals surface area (Å²) in [4.78, 5) is 22.7. The first-order valence-corrected chi connectivity index (χ1v) is 6.66. The number of nitrogens with one attached hydrogen (secondary N) is 1. The molecule has 2 rings (SSSR count). The van der Waals surface area contributed by atoms with Gasteiger partial charge in [-0.15, -0.1) is 0 Å². The summed E-state index contributed by atoms with van der Waals surface area (Å²) >= 11 is 0. The molecule has 2 fully saturated rings. The van der Waals surface area contributed by atoms with Gasteiger partial charge in [-0.2, -0.15) is 0 Å². The maximum atomic E-state index is 11.9. The summed E-state index contributed by atoms with van der Waals surface area (Å²) < 4.78 is 5.15. The number of carboxylic acids is 1. The molecular weight excluding hydrogens is 234 g/mol. The highest BCUT2D eigenvalue weighted by Crippen LogP contribution is 2.31. The van der Waals surface area contributed by atoms with E-state index in [2.05, 4.69) is 5.32 Å². The van der Waals surface area contributed by atoms with Crippen LogP contribution in [0, 0.1) is 11.8 Å². The standard InChI is InChI=1S/C13H21NO4/c1-18-11-6-9(7-11)12(15)14-10-4-2-8(3-5-10)13(16)17/h8-11H,2-7H2,1H3,(H,14,15)(H,16,17). The van der Waals surface area contributed by atoms with Gasteiger partial charge in [-0.05, 0) is 38.5 Å². The Kier molecular flexibility index (Phi) is 4.22. The van der Waals surface area contributed by atoms with E-state index >= 15 is 0 Å². The fourth-order valence-electron chi connectivity index (χ4n) is 2.78. The Morgan fingerprint density at radius 3 is 2.22 bits per heavy atom. The summed E-state index contributed by atoms with van der Waals surface area (Å²) in [5, 5.41) is 11.9. The van der Waals surface area contributed by atoms with Gasteiger partial charge in [0.2, 0.25) is 5.91 Å². The van der Waals surface area contributed by atoms with Crippen molar-refractivity contribution in [3.8, 4) is 0 Å². The average molecular weight is 255 g/mol. The number of rotatable bonds is 4. The fraction of sp³-hybridized carbons (Fsp3) is 0.846. The monoisotopic (exact) mass is 255 g/mol. The topological polar surface area (TPSA) is 75.6 Å². The minimum Gasteiger partial charge on any atom is -0.481 e. The molecule has 0 heterocycles. The largest absolute Gasteiger partial charge is 0.481 e. The maximum absolute atomic E-state index is 11.9. The lowest BCUT2D eigenvalue weighted by atomic mass is 9.80. The SMILES string of the molecule is COC1CC(C(=O)NC2CCC(C(=O)O)CC2)C1. The molecule has 0 radical (unpaired) electrons. The molecule has 5 heteroatoms. The van der Waals surface area contributed by atoms with Gasteiger partial charge in [0.05, 0.1) is 12.0 Å². The molecule has 0 spiro atoms. The summed E-state index contributed by atoms with van der Waals surface area (Å²) in [6.45, 7) is 0. The van der Waals surface area contributed by atoms with Crippen molar-refractivity contribution in [2.24, 2.45) is 11.8 Å². The van der Waals surface area contributed by atoms with Crippen LogP contribution < -0.4 is 5.32 Å². The van der Waals surface area contributed by atoms with Crippen LogP contribution in [0.25, 0.3) is 0 Å². The quantitative estimate of drug-likeness (QED) is 0.790. The average Bonchev–Trinajstić information content (AvgIpc) is 2.28. The van der Waals surface area contributed by atoms with Crippen LogP contribution in [0.5, 0.6) is 0 Å². The van der Waals surface area contributed by atoms with Crippen LogP contribution in [0.1, 0.15) is 38.5 Å². The van der Waals surface area contributed by atoms with Gasteiger partial charge in [0.15, 0.2) is 0 Å². The predicted octanol–water partition coefficient (Wildman–Crippen LogP) is 1.17. The Morgan fingerprint density at radius 1 is 1.11 bits per heavy atom. The zero-order valence-corrected chi connectivity index (χ0v) is 10.7. The molecule has 0 aromatic rings. The van der Waals surface area contributed by atoms with Crippen LogP contribution in [0.4, 0.5) is 0 Å². The van der Waals surface area contributed by atoms with E-state index in [1.54, 1.807) is 7.11 Å². The summed E-state index contributed by atoms with van der Waals surface area (Å²) in [7, 11) is 1.67. The van der Waals surface area contributed by atoms with E-state index in [0.29, 0.717) is 12.8 Å². The molecule has 2 saturated carbocycles. The summed E-state index contributed by atoms with van der Waals surface area (Å²) in [6.07, 6.45) is 4.77. The molecule has 2 aliphatic carbocycles. The molecule has 5 nitrogen and oxygen atoms in total. The second kappa shape index (κ2) is 5.69. The van der Waals surface area contributed by atoms with Crippen molar-refractivity contribution in [2.45, 2.75) is 50.7 Å². The zero-order chi connectivity index (χ0) is 13.1. The van der Waals surface area contributed by atoms with Gasteiger partial charge >= 0.3 is 5.97 Å². The van der Waals surface area contributed by atoms with Crippen molar-refractivity contribution in [1.29, 1.82) is 0 Å². The number of hydrogen-bond donors (Lipinski definition) is 2. The van der Waals surface area contributed by atoms with E-state index in [9.17, 15) is 9.59 Å². The number of hydrogen-bond acceptors (Lipinski definition) is 3. The Balaban J connectivity index is 1.69. The lowest BCUT2D eigenvalue weighted by molar-refractivity contribution is -0.143. The Hall–Kier alpha value is -1.10. The molecule has 0 unspecified atom stereocenters. The van der Waals surface area contributed by atoms with Gasteiger partial charge in [0.25, 0.3) is 0 Å². The normalized spacial score (nSPS) is 35.6. The molecule has 0 aliphatic heterocycles. The first-order valence-electron chi connectivity index (χ1n) is 6.66. The second-order valence-corrected chi connectivity index (χ2v) is 5.42. The third-order valence-corrected chi connectivity index (χ3v) is 4.22. The number of amides is 1. The van der Waals surface area contributed by atoms with E-state index in [1.165, 1.54) is 0 Å². The Labute approximate surface area is 107 Å². The van der Waals surface area contributed by atoms with Crippen LogP contribution in [0.15, 0.2) is 0 Å². The Morgan fingerprint density at radius 2 is 1.72 bits per heavy atom. The summed E-state index contributed by atoms with van der Waals surface area (Å²) in [6, 6.07) is 0.162. The first kappa shape index (κ1) is 13.3. The summed E-state index contributed by atoms with van der Waals surface area (Å²) in [5.74, 6) is -0.726. The molecule has 0 aromatic heterocycles. The maximum Gasteiger partial charge on any atom is 0.306 e. The summed E-state index contributed by atoms with van der Waals surface area (Å²) in [5.41, 5.74) is 0. The van der Waals surface area contributed by atoms with E-state index in [0.717, 1.165) is 25.7 Å². The predicted molar refractivity (Wildman–Crippen MR) is 65.0 cm³/mol. The number of aliphatic carboxylic acids is 1. The van der Waals surface area contributed by atoms with Gasteiger partial charge < -0.3 is 15.2 Å². The van der Waals surface area contributed by atoms with E-state index in [-0.39, 0.29) is 29.9 Å². The lowest BCUT2D eigenvalue weighted by Gasteiger charge is -2.35. The highest BCUT2D eigenvalue weighted by atomic mass is 16.5. The van der Waals surface area contributed by atoms with Crippen LogP contribution in [0.3, 0.4) is 0 Å². The van der Waals surface area contributed by atoms with Gasteiger partial charge in [0.1, 0.15) is 0 Å². The van der Waals surface area contributed by atoms with Crippen molar-refractivity contribution in [2.75, 3.05) is 7.11 Å². The molecule has 102 valence electrons. The molecule has 0 atom stereocenters. The van der Waals surface area contributed by atoms with Crippen molar-refractivity contribution >= 4 is 11.9 Å². The van der Waals surface area contributed by atoms with E-state index < -0.39 is 5.97 Å². The van der Waals surface area contributed by atoms with Gasteiger partial charge in [0, 0.05) is 19.1 Å². The zero-order valence-electron chi connectivity index (χ0n) is 10.7. The molecule has 1 amide bonds. The molecule has 18 heavy (non-hydrogen) atoms. The number of carbonyl (C=O) groups is 2. The minimum absolute atomic E-state index is 0.0900. The lowest BCUT2D eigenvalue weighted by Crippen LogP contribution is -2.46. The van der Waals surface area contributed by atoms with E-state index in [4.69, 9.17) is 9.84 Å². The van der Waals surface area contributed by atoms with Crippen LogP contribution in [-0.2, 0) is 14.3 Å². The molecule has 2 N–H and O–H groups in total. The molecule has 0 saturated heterocycles. The third kappa shape index (κ3) is 3.02.